The fourth-order valence-corrected chi connectivity index (χ4v) is 10.7. The van der Waals surface area contributed by atoms with Gasteiger partial charge < -0.3 is 50.2 Å². The zero-order valence-electron chi connectivity index (χ0n) is 48.8. The number of rotatable bonds is 19. The van der Waals surface area contributed by atoms with Gasteiger partial charge in [-0.25, -0.2) is 57.0 Å². The minimum atomic E-state index is -3.73. The number of hydrogen-bond donors (Lipinski definition) is 8. The fourth-order valence-electron chi connectivity index (χ4n) is 9.48. The van der Waals surface area contributed by atoms with Gasteiger partial charge in [0.15, 0.2) is 63.7 Å². The number of methoxy groups -OCH3 is 4. The number of aldehydes is 1. The maximum Gasteiger partial charge on any atom is 0.238 e. The first kappa shape index (κ1) is 63.0. The van der Waals surface area contributed by atoms with Crippen LogP contribution < -0.4 is 45.2 Å². The Morgan fingerprint density at radius 1 is 0.495 bits per heavy atom. The maximum atomic E-state index is 11.4. The molecule has 466 valence electrons. The topological polar surface area (TPSA) is 362 Å². The number of sulfonamides is 2. The van der Waals surface area contributed by atoms with Crippen molar-refractivity contribution in [2.24, 2.45) is 10.3 Å². The van der Waals surface area contributed by atoms with E-state index >= 15 is 0 Å². The summed E-state index contributed by atoms with van der Waals surface area (Å²) >= 11 is 6.12. The number of benzene rings is 6. The molecule has 12 aromatic rings. The number of nitrogens with two attached hydrogens (primary N) is 2. The van der Waals surface area contributed by atoms with Gasteiger partial charge in [-0.1, -0.05) is 35.9 Å². The number of hydrogen-bond acceptors (Lipinski definition) is 21. The minimum Gasteiger partial charge on any atom is -0.508 e. The molecule has 6 heterocycles. The highest BCUT2D eigenvalue weighted by molar-refractivity contribution is 7.89. The molecule has 0 amide bonds. The zero-order chi connectivity index (χ0) is 64.6. The number of imidazole rings is 3. The van der Waals surface area contributed by atoms with Crippen LogP contribution in [0.25, 0.3) is 50.7 Å². The molecule has 6 aromatic heterocycles. The smallest absolute Gasteiger partial charge is 0.238 e. The van der Waals surface area contributed by atoms with Crippen LogP contribution in [-0.4, -0.2) is 110 Å². The summed E-state index contributed by atoms with van der Waals surface area (Å²) in [5.41, 5.74) is 9.44. The van der Waals surface area contributed by atoms with Crippen molar-refractivity contribution in [1.29, 1.82) is 0 Å². The van der Waals surface area contributed by atoms with Crippen LogP contribution in [-0.2, 0) is 39.7 Å². The van der Waals surface area contributed by atoms with Gasteiger partial charge in [-0.15, -0.1) is 0 Å². The quantitative estimate of drug-likeness (QED) is 0.0350. The van der Waals surface area contributed by atoms with E-state index < -0.39 is 20.0 Å². The summed E-state index contributed by atoms with van der Waals surface area (Å²) in [6.45, 7) is 1.29. The Hall–Kier alpha value is -11.0. The summed E-state index contributed by atoms with van der Waals surface area (Å²) in [5.74, 6) is 3.74. The largest absolute Gasteiger partial charge is 0.508 e. The van der Waals surface area contributed by atoms with E-state index in [0.29, 0.717) is 83.1 Å². The van der Waals surface area contributed by atoms with Crippen molar-refractivity contribution in [3.63, 3.8) is 0 Å². The number of carbonyl (C=O) groups excluding carboxylic acids is 1. The Kier molecular flexibility index (Phi) is 18.8. The molecule has 6 aromatic carbocycles. The molecule has 29 heteroatoms. The number of carbonyl (C=O) groups is 1. The van der Waals surface area contributed by atoms with Crippen LogP contribution in [0.5, 0.6) is 40.2 Å². The fraction of sp³-hybridized carbons (Fsp3) is 0.113. The molecular weight excluding hydrogens is 1230 g/mol. The molecule has 0 aliphatic rings. The van der Waals surface area contributed by atoms with Crippen molar-refractivity contribution < 1.29 is 55.9 Å². The summed E-state index contributed by atoms with van der Waals surface area (Å²) in [6, 6.07) is 31.3. The molecule has 91 heavy (non-hydrogen) atoms. The third kappa shape index (κ3) is 14.1. The second kappa shape index (κ2) is 27.1. The van der Waals surface area contributed by atoms with Crippen LogP contribution >= 0.6 is 11.6 Å². The first-order chi connectivity index (χ1) is 43.8. The Balaban J connectivity index is 0.000000150. The highest BCUT2D eigenvalue weighted by Gasteiger charge is 2.19. The molecule has 0 atom stereocenters. The van der Waals surface area contributed by atoms with E-state index in [4.69, 9.17) is 40.8 Å². The number of aromatic nitrogens is 9. The van der Waals surface area contributed by atoms with E-state index in [1.165, 1.54) is 37.4 Å². The molecule has 12 rings (SSSR count). The van der Waals surface area contributed by atoms with Gasteiger partial charge in [0.1, 0.15) is 11.5 Å². The highest BCUT2D eigenvalue weighted by atomic mass is 35.5. The van der Waals surface area contributed by atoms with E-state index in [1.807, 2.05) is 43.7 Å². The third-order valence-electron chi connectivity index (χ3n) is 14.0. The van der Waals surface area contributed by atoms with Crippen molar-refractivity contribution in [2.45, 2.75) is 29.4 Å². The van der Waals surface area contributed by atoms with Crippen LogP contribution in [0.4, 0.5) is 17.5 Å². The molecule has 0 spiro atoms. The minimum absolute atomic E-state index is 0.0490. The van der Waals surface area contributed by atoms with Gasteiger partial charge >= 0.3 is 0 Å². The number of nitrogens with zero attached hydrogens (tertiary/aromatic N) is 9. The normalized spacial score (nSPS) is 11.3. The summed E-state index contributed by atoms with van der Waals surface area (Å²) in [7, 11) is -1.26. The van der Waals surface area contributed by atoms with Gasteiger partial charge in [0.25, 0.3) is 0 Å². The number of phenols is 3. The Morgan fingerprint density at radius 2 is 0.912 bits per heavy atom. The van der Waals surface area contributed by atoms with Crippen LogP contribution in [0.2, 0.25) is 5.02 Å². The predicted molar refractivity (Wildman–Crippen MR) is 341 cm³/mol. The Morgan fingerprint density at radius 3 is 1.33 bits per heavy atom. The van der Waals surface area contributed by atoms with Gasteiger partial charge in [-0.05, 0) is 108 Å². The SMILES string of the molecule is COc1cc(-c2cnc3c(NCc4ccc(S(N)(=O)=O)cc4)nccn23)cc(Cl)c1O.COc1cc(CNc2nccn3c(-c4ccc(O)cc4)cnc23)cc(OC)c1OC.NS(=O)(=O)c1ccc(CNc2nccn3c(-c4ccc(O)c(C=O)c4)cnc23)cc1. The molecule has 0 fully saturated rings. The van der Waals surface area contributed by atoms with E-state index in [2.05, 4.69) is 45.9 Å². The van der Waals surface area contributed by atoms with Crippen molar-refractivity contribution in [2.75, 3.05) is 44.4 Å². The number of nitrogens with one attached hydrogen (secondary N) is 3. The van der Waals surface area contributed by atoms with Gasteiger partial charge in [-0.2, -0.15) is 0 Å². The molecule has 0 aliphatic carbocycles. The second-order valence-corrected chi connectivity index (χ2v) is 23.3. The number of phenolic OH excluding ortho intramolecular Hbond substituents is 3. The van der Waals surface area contributed by atoms with Crippen molar-refractivity contribution in [3.8, 4) is 74.0 Å². The number of halogens is 1. The van der Waals surface area contributed by atoms with E-state index in [-0.39, 0.29) is 43.4 Å². The van der Waals surface area contributed by atoms with Crippen LogP contribution in [0, 0.1) is 0 Å². The molecule has 26 nitrogen and oxygen atoms in total. The van der Waals surface area contributed by atoms with E-state index in [1.54, 1.807) is 132 Å². The molecule has 0 bridgehead atoms. The maximum absolute atomic E-state index is 11.4. The molecular formula is C62H57ClN14O12S2. The molecule has 10 N–H and O–H groups in total. The standard InChI is InChI=1S/C22H22N4O4.C20H18ClN5O4S.C20H17N5O4S/c1-28-18-10-14(11-19(29-2)20(18)30-3)12-24-21-22-25-13-17(26(22)9-8-23-21)15-4-6-16(27)7-5-15;1-30-17-9-13(8-15(21)18(17)27)16-11-25-20-19(23-6-7-26(16)20)24-10-12-2-4-14(5-3-12)31(22,28)29;21-30(28,29)16-4-1-13(2-5-16)10-23-19-20-24-11-17(25(20)8-7-22-19)14-3-6-18(27)15(9-14)12-26/h4-11,13,27H,12H2,1-3H3,(H,23,24);2-9,11,27H,10H2,1H3,(H,23,24)(H2,22,28,29);1-9,11-12,27H,10H2,(H,22,23)(H2,21,28,29). The number of primary sulfonamides is 2. The second-order valence-electron chi connectivity index (χ2n) is 19.8. The van der Waals surface area contributed by atoms with Gasteiger partial charge in [0, 0.05) is 73.5 Å². The summed E-state index contributed by atoms with van der Waals surface area (Å²) in [6.07, 6.45) is 16.0. The van der Waals surface area contributed by atoms with Crippen molar-refractivity contribution in [1.82, 2.24) is 43.1 Å². The first-order valence-electron chi connectivity index (χ1n) is 27.1. The van der Waals surface area contributed by atoms with Crippen LogP contribution in [0.3, 0.4) is 0 Å². The number of anilines is 3. The van der Waals surface area contributed by atoms with E-state index in [0.717, 1.165) is 44.9 Å². The zero-order valence-corrected chi connectivity index (χ0v) is 51.1. The first-order valence-corrected chi connectivity index (χ1v) is 30.6. The molecule has 0 saturated heterocycles. The average Bonchev–Trinajstić information content (AvgIpc) is 1.76. The van der Waals surface area contributed by atoms with Gasteiger partial charge in [-0.3, -0.25) is 18.0 Å². The van der Waals surface area contributed by atoms with Crippen LogP contribution in [0.15, 0.2) is 181 Å². The number of ether oxygens (including phenoxy) is 4. The monoisotopic (exact) mass is 1290 g/mol. The summed E-state index contributed by atoms with van der Waals surface area (Å²) in [5, 5.41) is 49.4. The Labute approximate surface area is 525 Å². The molecule has 0 unspecified atom stereocenters. The summed E-state index contributed by atoms with van der Waals surface area (Å²) in [4.78, 5) is 37.8. The lowest BCUT2D eigenvalue weighted by molar-refractivity contribution is 0.112. The lowest BCUT2D eigenvalue weighted by Gasteiger charge is -2.14. The molecule has 0 radical (unpaired) electrons. The van der Waals surface area contributed by atoms with Crippen molar-refractivity contribution in [3.05, 3.63) is 198 Å². The van der Waals surface area contributed by atoms with Gasteiger partial charge in [0.05, 0.1) is 84.5 Å². The van der Waals surface area contributed by atoms with E-state index in [9.17, 15) is 36.9 Å². The van der Waals surface area contributed by atoms with Crippen molar-refractivity contribution >= 4 is 72.3 Å². The molecule has 0 saturated carbocycles. The number of fused-ring (bicyclic) bond motifs is 3. The third-order valence-corrected chi connectivity index (χ3v) is 16.2. The van der Waals surface area contributed by atoms with Gasteiger partial charge in [0.2, 0.25) is 25.8 Å². The highest BCUT2D eigenvalue weighted by Crippen LogP contribution is 2.40. The lowest BCUT2D eigenvalue weighted by Crippen LogP contribution is -2.12. The molecule has 0 aliphatic heterocycles. The predicted octanol–water partition coefficient (Wildman–Crippen LogP) is 8.94. The lowest BCUT2D eigenvalue weighted by atomic mass is 10.1. The summed E-state index contributed by atoms with van der Waals surface area (Å²) < 4.78 is 72.5. The Bertz CT molecular complexity index is 4830. The van der Waals surface area contributed by atoms with Crippen LogP contribution in [0.1, 0.15) is 27.0 Å². The number of aromatic hydroxyl groups is 3. The average molecular weight is 1290 g/mol.